The van der Waals surface area contributed by atoms with Crippen molar-refractivity contribution in [3.8, 4) is 0 Å². The molecule has 4 atom stereocenters. The van der Waals surface area contributed by atoms with E-state index in [1.807, 2.05) is 36.4 Å². The molecule has 6 rings (SSSR count). The molecule has 0 aliphatic carbocycles. The van der Waals surface area contributed by atoms with Crippen molar-refractivity contribution in [1.29, 1.82) is 0 Å². The first-order valence-corrected chi connectivity index (χ1v) is 16.3. The molecule has 10 nitrogen and oxygen atoms in total. The fourth-order valence-electron chi connectivity index (χ4n) is 5.73. The van der Waals surface area contributed by atoms with E-state index >= 15 is 0 Å². The van der Waals surface area contributed by atoms with Crippen LogP contribution in [0.25, 0.3) is 0 Å². The van der Waals surface area contributed by atoms with E-state index in [0.29, 0.717) is 5.69 Å². The number of benzene rings is 3. The van der Waals surface area contributed by atoms with Gasteiger partial charge in [-0.1, -0.05) is 61.5 Å². The SMILES string of the molecule is C[C@H]1[C@@H](CN2CCN(c3ncccn3)CC2)O[C@@H](c2cccc(NS(=O)(=O)c3ccccc3)c2)O[C@H]1c1ccc(CO)cc1. The summed E-state index contributed by atoms with van der Waals surface area (Å²) in [6.07, 6.45) is 2.40. The van der Waals surface area contributed by atoms with Crippen LogP contribution in [-0.2, 0) is 26.1 Å². The van der Waals surface area contributed by atoms with Crippen molar-refractivity contribution >= 4 is 21.7 Å². The number of anilines is 2. The highest BCUT2D eigenvalue weighted by molar-refractivity contribution is 7.92. The van der Waals surface area contributed by atoms with Gasteiger partial charge in [0.1, 0.15) is 0 Å². The molecule has 44 heavy (non-hydrogen) atoms. The Labute approximate surface area is 258 Å². The molecule has 2 aliphatic heterocycles. The van der Waals surface area contributed by atoms with E-state index < -0.39 is 16.3 Å². The summed E-state index contributed by atoms with van der Waals surface area (Å²) in [5, 5.41) is 9.56. The molecule has 0 amide bonds. The van der Waals surface area contributed by atoms with Gasteiger partial charge >= 0.3 is 0 Å². The molecular formula is C33H37N5O5S. The maximum atomic E-state index is 13.0. The summed E-state index contributed by atoms with van der Waals surface area (Å²) in [6, 6.07) is 25.1. The standard InChI is InChI=1S/C33H37N5O5S/c1-24-30(22-37-17-19-38(20-18-37)33-34-15-6-16-35-33)42-32(43-31(24)26-13-11-25(23-39)12-14-26)27-7-5-8-28(21-27)36-44(40,41)29-9-3-2-4-10-29/h2-16,21,24,30-32,36,39H,17-20,22-23H2,1H3/t24-,30+,31+,32+/m0/s1. The molecule has 3 heterocycles. The Morgan fingerprint density at radius 1 is 0.864 bits per heavy atom. The van der Waals surface area contributed by atoms with E-state index in [-0.39, 0.29) is 29.6 Å². The predicted octanol–water partition coefficient (Wildman–Crippen LogP) is 4.38. The highest BCUT2D eigenvalue weighted by Gasteiger charge is 2.39. The smallest absolute Gasteiger partial charge is 0.261 e. The van der Waals surface area contributed by atoms with Crippen molar-refractivity contribution < 1.29 is 23.0 Å². The Balaban J connectivity index is 1.21. The molecule has 0 bridgehead atoms. The van der Waals surface area contributed by atoms with Crippen LogP contribution < -0.4 is 9.62 Å². The number of aliphatic hydroxyl groups excluding tert-OH is 1. The van der Waals surface area contributed by atoms with E-state index in [9.17, 15) is 13.5 Å². The van der Waals surface area contributed by atoms with Crippen LogP contribution in [0.4, 0.5) is 11.6 Å². The number of nitrogens with zero attached hydrogens (tertiary/aromatic N) is 4. The van der Waals surface area contributed by atoms with Gasteiger partial charge < -0.3 is 19.5 Å². The monoisotopic (exact) mass is 615 g/mol. The third-order valence-corrected chi connectivity index (χ3v) is 9.63. The zero-order chi connectivity index (χ0) is 30.5. The lowest BCUT2D eigenvalue weighted by Gasteiger charge is -2.44. The molecule has 2 aliphatic rings. The molecule has 2 N–H and O–H groups in total. The summed E-state index contributed by atoms with van der Waals surface area (Å²) >= 11 is 0. The van der Waals surface area contributed by atoms with Crippen molar-refractivity contribution in [3.63, 3.8) is 0 Å². The summed E-state index contributed by atoms with van der Waals surface area (Å²) in [5.41, 5.74) is 2.98. The van der Waals surface area contributed by atoms with Crippen molar-refractivity contribution in [1.82, 2.24) is 14.9 Å². The molecule has 230 valence electrons. The number of piperazine rings is 1. The van der Waals surface area contributed by atoms with Crippen LogP contribution in [0.5, 0.6) is 0 Å². The number of rotatable bonds is 9. The lowest BCUT2D eigenvalue weighted by molar-refractivity contribution is -0.276. The lowest BCUT2D eigenvalue weighted by atomic mass is 9.90. The first-order chi connectivity index (χ1) is 21.4. The van der Waals surface area contributed by atoms with Crippen LogP contribution in [0.1, 0.15) is 36.0 Å². The molecule has 0 saturated carbocycles. The molecule has 11 heteroatoms. The van der Waals surface area contributed by atoms with Crippen molar-refractivity contribution in [2.24, 2.45) is 5.92 Å². The number of ether oxygens (including phenoxy) is 2. The van der Waals surface area contributed by atoms with Gasteiger partial charge in [-0.15, -0.1) is 0 Å². The summed E-state index contributed by atoms with van der Waals surface area (Å²) in [6.45, 7) is 6.18. The minimum atomic E-state index is -3.76. The molecule has 0 unspecified atom stereocenters. The Kier molecular flexibility index (Phi) is 9.20. The highest BCUT2D eigenvalue weighted by atomic mass is 32.2. The normalized spacial score (nSPS) is 22.9. The number of aliphatic hydroxyl groups is 1. The first-order valence-electron chi connectivity index (χ1n) is 14.8. The number of aromatic nitrogens is 2. The molecular weight excluding hydrogens is 578 g/mol. The number of sulfonamides is 1. The molecule has 2 fully saturated rings. The van der Waals surface area contributed by atoms with Gasteiger partial charge in [0, 0.05) is 62.3 Å². The summed E-state index contributed by atoms with van der Waals surface area (Å²) in [7, 11) is -3.76. The lowest BCUT2D eigenvalue weighted by Crippen LogP contribution is -2.51. The van der Waals surface area contributed by atoms with Gasteiger partial charge in [-0.2, -0.15) is 0 Å². The molecule has 0 radical (unpaired) electrons. The average Bonchev–Trinajstić information content (AvgIpc) is 3.07. The van der Waals surface area contributed by atoms with E-state index in [1.54, 1.807) is 60.9 Å². The fraction of sp³-hybridized carbons (Fsp3) is 0.333. The first kappa shape index (κ1) is 30.2. The second-order valence-corrected chi connectivity index (χ2v) is 12.9. The quantitative estimate of drug-likeness (QED) is 0.283. The predicted molar refractivity (Wildman–Crippen MR) is 167 cm³/mol. The zero-order valence-electron chi connectivity index (χ0n) is 24.6. The maximum Gasteiger partial charge on any atom is 0.261 e. The van der Waals surface area contributed by atoms with E-state index in [0.717, 1.165) is 55.4 Å². The molecule has 2 saturated heterocycles. The van der Waals surface area contributed by atoms with Gasteiger partial charge in [-0.25, -0.2) is 18.4 Å². The second-order valence-electron chi connectivity index (χ2n) is 11.2. The third kappa shape index (κ3) is 6.92. The third-order valence-electron chi connectivity index (χ3n) is 8.23. The second kappa shape index (κ2) is 13.4. The van der Waals surface area contributed by atoms with Crippen molar-refractivity contribution in [2.75, 3.05) is 42.3 Å². The molecule has 1 aromatic heterocycles. The zero-order valence-corrected chi connectivity index (χ0v) is 25.4. The fourth-order valence-corrected chi connectivity index (χ4v) is 6.80. The number of nitrogens with one attached hydrogen (secondary N) is 1. The van der Waals surface area contributed by atoms with Gasteiger partial charge in [0.05, 0.1) is 23.7 Å². The largest absolute Gasteiger partial charge is 0.392 e. The number of hydrogen-bond acceptors (Lipinski definition) is 9. The van der Waals surface area contributed by atoms with Gasteiger partial charge in [0.15, 0.2) is 6.29 Å². The van der Waals surface area contributed by atoms with Crippen LogP contribution in [0.15, 0.2) is 102 Å². The highest BCUT2D eigenvalue weighted by Crippen LogP contribution is 2.42. The van der Waals surface area contributed by atoms with Gasteiger partial charge in [-0.3, -0.25) is 9.62 Å². The van der Waals surface area contributed by atoms with Gasteiger partial charge in [0.2, 0.25) is 5.95 Å². The van der Waals surface area contributed by atoms with Gasteiger partial charge in [-0.05, 0) is 41.5 Å². The van der Waals surface area contributed by atoms with Crippen LogP contribution in [0.2, 0.25) is 0 Å². The molecule has 0 spiro atoms. The van der Waals surface area contributed by atoms with Crippen molar-refractivity contribution in [2.45, 2.75) is 36.9 Å². The minimum absolute atomic E-state index is 0.0264. The minimum Gasteiger partial charge on any atom is -0.392 e. The van der Waals surface area contributed by atoms with Crippen LogP contribution in [0.3, 0.4) is 0 Å². The Morgan fingerprint density at radius 3 is 2.30 bits per heavy atom. The van der Waals surface area contributed by atoms with Crippen LogP contribution in [-0.4, -0.2) is 67.2 Å². The molecule has 4 aromatic rings. The topological polar surface area (TPSA) is 117 Å². The van der Waals surface area contributed by atoms with Gasteiger partial charge in [0.25, 0.3) is 10.0 Å². The number of hydrogen-bond donors (Lipinski definition) is 2. The Bertz CT molecular complexity index is 1620. The molecule has 3 aromatic carbocycles. The summed E-state index contributed by atoms with van der Waals surface area (Å²) in [4.78, 5) is 13.6. The van der Waals surface area contributed by atoms with Crippen LogP contribution in [0, 0.1) is 5.92 Å². The van der Waals surface area contributed by atoms with Crippen molar-refractivity contribution in [3.05, 3.63) is 114 Å². The van der Waals surface area contributed by atoms with E-state index in [2.05, 4.69) is 31.4 Å². The summed E-state index contributed by atoms with van der Waals surface area (Å²) < 4.78 is 41.9. The maximum absolute atomic E-state index is 13.0. The average molecular weight is 616 g/mol. The van der Waals surface area contributed by atoms with E-state index in [1.165, 1.54) is 0 Å². The Morgan fingerprint density at radius 2 is 1.59 bits per heavy atom. The van der Waals surface area contributed by atoms with E-state index in [4.69, 9.17) is 9.47 Å². The van der Waals surface area contributed by atoms with Crippen LogP contribution >= 0.6 is 0 Å². The Hall–Kier alpha value is -3.87. The summed E-state index contributed by atoms with van der Waals surface area (Å²) in [5.74, 6) is 0.776.